The molecule has 2 unspecified atom stereocenters. The Morgan fingerprint density at radius 2 is 1.71 bits per heavy atom. The molecule has 6 N–H and O–H groups in total. The van der Waals surface area contributed by atoms with Crippen LogP contribution in [-0.2, 0) is 0 Å². The number of aromatic hydroxyl groups is 3. The highest BCUT2D eigenvalue weighted by Crippen LogP contribution is 2.39. The van der Waals surface area contributed by atoms with Crippen molar-refractivity contribution in [3.8, 4) is 17.2 Å². The first-order valence-electron chi connectivity index (χ1n) is 4.12. The number of benzene rings is 1. The van der Waals surface area contributed by atoms with Gasteiger partial charge in [0.1, 0.15) is 0 Å². The van der Waals surface area contributed by atoms with Crippen molar-refractivity contribution >= 4 is 0 Å². The maximum atomic E-state index is 9.40. The molecule has 0 radical (unpaired) electrons. The minimum Gasteiger partial charge on any atom is -0.504 e. The van der Waals surface area contributed by atoms with E-state index in [1.807, 2.05) is 0 Å². The Morgan fingerprint density at radius 1 is 1.14 bits per heavy atom. The number of aliphatic hydroxyl groups is 1. The van der Waals surface area contributed by atoms with Crippen molar-refractivity contribution in [2.75, 3.05) is 0 Å². The second-order valence-electron chi connectivity index (χ2n) is 3.14. The fourth-order valence-electron chi connectivity index (χ4n) is 1.11. The zero-order valence-electron chi connectivity index (χ0n) is 7.68. The van der Waals surface area contributed by atoms with Crippen molar-refractivity contribution in [2.24, 2.45) is 5.73 Å². The minimum atomic E-state index is -0.857. The Labute approximate surface area is 81.0 Å². The van der Waals surface area contributed by atoms with Crippen molar-refractivity contribution in [3.05, 3.63) is 17.7 Å². The second-order valence-corrected chi connectivity index (χ2v) is 3.14. The van der Waals surface area contributed by atoms with E-state index < -0.39 is 29.4 Å². The molecule has 0 bridgehead atoms. The third-order valence-electron chi connectivity index (χ3n) is 2.04. The fraction of sp³-hybridized carbons (Fsp3) is 0.333. The van der Waals surface area contributed by atoms with Crippen molar-refractivity contribution in [1.29, 1.82) is 0 Å². The highest BCUT2D eigenvalue weighted by molar-refractivity contribution is 5.54. The normalized spacial score (nSPS) is 15.1. The highest BCUT2D eigenvalue weighted by Gasteiger charge is 2.19. The molecule has 0 aromatic heterocycles. The summed E-state index contributed by atoms with van der Waals surface area (Å²) in [6, 6.07) is 1.75. The summed E-state index contributed by atoms with van der Waals surface area (Å²) in [5.41, 5.74) is 5.74. The van der Waals surface area contributed by atoms with Gasteiger partial charge >= 0.3 is 0 Å². The summed E-state index contributed by atoms with van der Waals surface area (Å²) in [6.07, 6.45) is -0.857. The molecule has 0 aliphatic carbocycles. The number of phenols is 3. The molecule has 0 saturated heterocycles. The standard InChI is InChI=1S/C9H13NO4/c1-4(11)7(10)5-2-3-6(12)9(14)8(5)13/h2-4,7,11-14H,10H2,1H3. The Kier molecular flexibility index (Phi) is 2.83. The van der Waals surface area contributed by atoms with Gasteiger partial charge in [0.25, 0.3) is 0 Å². The lowest BCUT2D eigenvalue weighted by Crippen LogP contribution is -2.23. The van der Waals surface area contributed by atoms with E-state index >= 15 is 0 Å². The number of phenolic OH excluding ortho intramolecular Hbond substituents is 3. The minimum absolute atomic E-state index is 0.190. The lowest BCUT2D eigenvalue weighted by Gasteiger charge is -2.17. The smallest absolute Gasteiger partial charge is 0.200 e. The first-order valence-corrected chi connectivity index (χ1v) is 4.12. The second kappa shape index (κ2) is 3.73. The summed E-state index contributed by atoms with van der Waals surface area (Å²) in [5, 5.41) is 36.8. The number of aliphatic hydroxyl groups excluding tert-OH is 1. The van der Waals surface area contributed by atoms with Crippen LogP contribution in [0.15, 0.2) is 12.1 Å². The van der Waals surface area contributed by atoms with E-state index in [0.717, 1.165) is 0 Å². The SMILES string of the molecule is CC(O)C(N)c1ccc(O)c(O)c1O. The molecule has 14 heavy (non-hydrogen) atoms. The van der Waals surface area contributed by atoms with Gasteiger partial charge in [0, 0.05) is 5.56 Å². The van der Waals surface area contributed by atoms with Gasteiger partial charge < -0.3 is 26.2 Å². The van der Waals surface area contributed by atoms with Crippen LogP contribution in [0.25, 0.3) is 0 Å². The number of rotatable bonds is 2. The van der Waals surface area contributed by atoms with Crippen LogP contribution in [0.3, 0.4) is 0 Å². The predicted molar refractivity (Wildman–Crippen MR) is 50.0 cm³/mol. The monoisotopic (exact) mass is 199 g/mol. The fourth-order valence-corrected chi connectivity index (χ4v) is 1.11. The summed E-state index contributed by atoms with van der Waals surface area (Å²) in [6.45, 7) is 1.47. The molecule has 78 valence electrons. The zero-order valence-corrected chi connectivity index (χ0v) is 7.68. The maximum absolute atomic E-state index is 9.40. The number of hydrogen-bond donors (Lipinski definition) is 5. The molecule has 2 atom stereocenters. The van der Waals surface area contributed by atoms with E-state index in [2.05, 4.69) is 0 Å². The van der Waals surface area contributed by atoms with Gasteiger partial charge in [-0.05, 0) is 19.1 Å². The van der Waals surface area contributed by atoms with Crippen LogP contribution in [0, 0.1) is 0 Å². The molecule has 1 aromatic rings. The molecule has 0 saturated carbocycles. The van der Waals surface area contributed by atoms with Crippen LogP contribution in [0.4, 0.5) is 0 Å². The predicted octanol–water partition coefficient (Wildman–Crippen LogP) is 0.184. The largest absolute Gasteiger partial charge is 0.504 e. The summed E-state index contributed by atoms with van der Waals surface area (Å²) in [4.78, 5) is 0. The molecule has 1 rings (SSSR count). The van der Waals surface area contributed by atoms with Gasteiger partial charge in [-0.15, -0.1) is 0 Å². The van der Waals surface area contributed by atoms with E-state index in [4.69, 9.17) is 10.8 Å². The Balaban J connectivity index is 3.17. The summed E-state index contributed by atoms with van der Waals surface area (Å²) in [7, 11) is 0. The Morgan fingerprint density at radius 3 is 2.21 bits per heavy atom. The van der Waals surface area contributed by atoms with Crippen LogP contribution in [0.1, 0.15) is 18.5 Å². The molecule has 1 aromatic carbocycles. The van der Waals surface area contributed by atoms with Gasteiger partial charge in [0.15, 0.2) is 11.5 Å². The molecular weight excluding hydrogens is 186 g/mol. The van der Waals surface area contributed by atoms with Crippen LogP contribution < -0.4 is 5.73 Å². The molecule has 0 amide bonds. The van der Waals surface area contributed by atoms with E-state index in [1.54, 1.807) is 0 Å². The molecule has 0 spiro atoms. The van der Waals surface area contributed by atoms with E-state index in [1.165, 1.54) is 19.1 Å². The first-order chi connectivity index (χ1) is 6.45. The Bertz CT molecular complexity index is 338. The van der Waals surface area contributed by atoms with Crippen molar-refractivity contribution < 1.29 is 20.4 Å². The van der Waals surface area contributed by atoms with E-state index in [9.17, 15) is 15.3 Å². The zero-order chi connectivity index (χ0) is 10.9. The van der Waals surface area contributed by atoms with Gasteiger partial charge in [-0.3, -0.25) is 0 Å². The molecule has 0 fully saturated rings. The number of hydrogen-bond acceptors (Lipinski definition) is 5. The van der Waals surface area contributed by atoms with Crippen LogP contribution in [-0.4, -0.2) is 26.5 Å². The van der Waals surface area contributed by atoms with Gasteiger partial charge in [0.2, 0.25) is 5.75 Å². The van der Waals surface area contributed by atoms with Crippen molar-refractivity contribution in [2.45, 2.75) is 19.1 Å². The summed E-state index contributed by atoms with van der Waals surface area (Å²) in [5.74, 6) is -1.55. The lowest BCUT2D eigenvalue weighted by molar-refractivity contribution is 0.162. The quantitative estimate of drug-likeness (QED) is 0.437. The average molecular weight is 199 g/mol. The Hall–Kier alpha value is -1.46. The van der Waals surface area contributed by atoms with Gasteiger partial charge in [-0.1, -0.05) is 0 Å². The average Bonchev–Trinajstić information content (AvgIpc) is 2.13. The maximum Gasteiger partial charge on any atom is 0.200 e. The third-order valence-corrected chi connectivity index (χ3v) is 2.04. The molecule has 0 aliphatic heterocycles. The van der Waals surface area contributed by atoms with Crippen molar-refractivity contribution in [1.82, 2.24) is 0 Å². The first kappa shape index (κ1) is 10.6. The van der Waals surface area contributed by atoms with Crippen LogP contribution >= 0.6 is 0 Å². The molecule has 0 aliphatic rings. The van der Waals surface area contributed by atoms with E-state index in [-0.39, 0.29) is 5.56 Å². The highest BCUT2D eigenvalue weighted by atomic mass is 16.3. The van der Waals surface area contributed by atoms with E-state index in [0.29, 0.717) is 0 Å². The third kappa shape index (κ3) is 1.73. The molecule has 5 heteroatoms. The summed E-state index contributed by atoms with van der Waals surface area (Å²) < 4.78 is 0. The van der Waals surface area contributed by atoms with Gasteiger partial charge in [-0.2, -0.15) is 0 Å². The van der Waals surface area contributed by atoms with Crippen LogP contribution in [0.5, 0.6) is 17.2 Å². The lowest BCUT2D eigenvalue weighted by atomic mass is 10.0. The molecule has 0 heterocycles. The topological polar surface area (TPSA) is 107 Å². The number of nitrogens with two attached hydrogens (primary N) is 1. The molecular formula is C9H13NO4. The van der Waals surface area contributed by atoms with Gasteiger partial charge in [-0.25, -0.2) is 0 Å². The summed E-state index contributed by atoms with van der Waals surface area (Å²) >= 11 is 0. The van der Waals surface area contributed by atoms with Gasteiger partial charge in [0.05, 0.1) is 12.1 Å². The van der Waals surface area contributed by atoms with Crippen molar-refractivity contribution in [3.63, 3.8) is 0 Å². The molecule has 5 nitrogen and oxygen atoms in total. The van der Waals surface area contributed by atoms with Crippen LogP contribution in [0.2, 0.25) is 0 Å².